The molecule has 0 fully saturated rings. The molecule has 0 bridgehead atoms. The van der Waals surface area contributed by atoms with Gasteiger partial charge in [-0.1, -0.05) is 31.5 Å². The highest BCUT2D eigenvalue weighted by Gasteiger charge is 2.20. The molecule has 6 nitrogen and oxygen atoms in total. The maximum Gasteiger partial charge on any atom is 0.356 e. The Morgan fingerprint density at radius 3 is 2.52 bits per heavy atom. The number of fused-ring (bicyclic) bond motifs is 3. The number of nitrogens with zero attached hydrogens (tertiary/aromatic N) is 2. The standard InChI is InChI=1S/C25H26N2O4/c1-5-6-13-31-25(28)19-15-18-17-9-7-8-10-20(17)27(2)24(18)23(26-19)16-11-12-21(29-3)22(14-16)30-4/h7-12,14-15H,5-6,13H2,1-4H3. The number of aryl methyl sites for hydroxylation is 1. The first-order valence-corrected chi connectivity index (χ1v) is 10.4. The van der Waals surface area contributed by atoms with Crippen LogP contribution in [0.2, 0.25) is 0 Å². The summed E-state index contributed by atoms with van der Waals surface area (Å²) in [5.41, 5.74) is 3.83. The molecule has 4 aromatic rings. The van der Waals surface area contributed by atoms with E-state index in [1.807, 2.05) is 43.4 Å². The molecule has 0 atom stereocenters. The third-order valence-corrected chi connectivity index (χ3v) is 5.48. The summed E-state index contributed by atoms with van der Waals surface area (Å²) in [5.74, 6) is 0.823. The molecule has 4 rings (SSSR count). The molecular weight excluding hydrogens is 392 g/mol. The van der Waals surface area contributed by atoms with Crippen LogP contribution >= 0.6 is 0 Å². The number of pyridine rings is 1. The average molecular weight is 418 g/mol. The van der Waals surface area contributed by atoms with Crippen molar-refractivity contribution >= 4 is 27.8 Å². The minimum absolute atomic E-state index is 0.296. The zero-order chi connectivity index (χ0) is 22.0. The van der Waals surface area contributed by atoms with Crippen LogP contribution < -0.4 is 9.47 Å². The lowest BCUT2D eigenvalue weighted by atomic mass is 10.1. The number of methoxy groups -OCH3 is 2. The lowest BCUT2D eigenvalue weighted by Gasteiger charge is -2.12. The fourth-order valence-electron chi connectivity index (χ4n) is 3.87. The third-order valence-electron chi connectivity index (χ3n) is 5.48. The lowest BCUT2D eigenvalue weighted by molar-refractivity contribution is 0.0493. The van der Waals surface area contributed by atoms with E-state index in [4.69, 9.17) is 19.2 Å². The number of carbonyl (C=O) groups is 1. The van der Waals surface area contributed by atoms with Gasteiger partial charge in [0.05, 0.1) is 32.0 Å². The first-order valence-electron chi connectivity index (χ1n) is 10.4. The van der Waals surface area contributed by atoms with Crippen molar-refractivity contribution in [2.75, 3.05) is 20.8 Å². The van der Waals surface area contributed by atoms with Gasteiger partial charge in [0.25, 0.3) is 0 Å². The first-order chi connectivity index (χ1) is 15.1. The lowest BCUT2D eigenvalue weighted by Crippen LogP contribution is -2.09. The predicted octanol–water partition coefficient (Wildman–Crippen LogP) is 5.37. The topological polar surface area (TPSA) is 62.6 Å². The number of benzene rings is 2. The van der Waals surface area contributed by atoms with E-state index in [1.54, 1.807) is 14.2 Å². The summed E-state index contributed by atoms with van der Waals surface area (Å²) in [4.78, 5) is 17.5. The van der Waals surface area contributed by atoms with Crippen molar-refractivity contribution in [3.8, 4) is 22.8 Å². The molecule has 2 heterocycles. The summed E-state index contributed by atoms with van der Waals surface area (Å²) in [6.45, 7) is 2.44. The third kappa shape index (κ3) is 3.69. The molecule has 0 radical (unpaired) electrons. The fraction of sp³-hybridized carbons (Fsp3) is 0.280. The van der Waals surface area contributed by atoms with Crippen LogP contribution in [0.3, 0.4) is 0 Å². The zero-order valence-corrected chi connectivity index (χ0v) is 18.3. The number of rotatable bonds is 7. The smallest absolute Gasteiger partial charge is 0.356 e. The van der Waals surface area contributed by atoms with E-state index in [9.17, 15) is 4.79 Å². The number of unbranched alkanes of at least 4 members (excludes halogenated alkanes) is 1. The molecule has 0 aliphatic carbocycles. The molecule has 31 heavy (non-hydrogen) atoms. The van der Waals surface area contributed by atoms with Crippen molar-refractivity contribution in [3.05, 3.63) is 54.2 Å². The van der Waals surface area contributed by atoms with Gasteiger partial charge in [0.15, 0.2) is 11.5 Å². The molecule has 0 aliphatic heterocycles. The largest absolute Gasteiger partial charge is 0.493 e. The van der Waals surface area contributed by atoms with Gasteiger partial charge in [0.2, 0.25) is 0 Å². The minimum atomic E-state index is -0.412. The van der Waals surface area contributed by atoms with Crippen LogP contribution in [0, 0.1) is 0 Å². The Labute approximate surface area is 181 Å². The van der Waals surface area contributed by atoms with Crippen molar-refractivity contribution in [2.24, 2.45) is 7.05 Å². The summed E-state index contributed by atoms with van der Waals surface area (Å²) in [7, 11) is 5.21. The van der Waals surface area contributed by atoms with Gasteiger partial charge in [-0.15, -0.1) is 0 Å². The number of hydrogen-bond donors (Lipinski definition) is 0. The molecule has 160 valence electrons. The Morgan fingerprint density at radius 1 is 1.00 bits per heavy atom. The molecule has 2 aromatic heterocycles. The minimum Gasteiger partial charge on any atom is -0.493 e. The Morgan fingerprint density at radius 2 is 1.77 bits per heavy atom. The van der Waals surface area contributed by atoms with Gasteiger partial charge < -0.3 is 18.8 Å². The van der Waals surface area contributed by atoms with E-state index in [2.05, 4.69) is 23.6 Å². The summed E-state index contributed by atoms with van der Waals surface area (Å²) < 4.78 is 18.4. The number of esters is 1. The Kier molecular flexibility index (Phi) is 5.80. The predicted molar refractivity (Wildman–Crippen MR) is 122 cm³/mol. The van der Waals surface area contributed by atoms with Crippen LogP contribution in [0.25, 0.3) is 33.1 Å². The van der Waals surface area contributed by atoms with E-state index in [0.717, 1.165) is 40.2 Å². The number of aromatic nitrogens is 2. The fourth-order valence-corrected chi connectivity index (χ4v) is 3.87. The highest BCUT2D eigenvalue weighted by molar-refractivity contribution is 6.13. The Balaban J connectivity index is 1.97. The van der Waals surface area contributed by atoms with Crippen molar-refractivity contribution < 1.29 is 19.0 Å². The second kappa shape index (κ2) is 8.68. The highest BCUT2D eigenvalue weighted by atomic mass is 16.5. The average Bonchev–Trinajstić information content (AvgIpc) is 3.10. The van der Waals surface area contributed by atoms with Gasteiger partial charge in [0, 0.05) is 28.9 Å². The maximum atomic E-state index is 12.8. The molecule has 0 spiro atoms. The SMILES string of the molecule is CCCCOC(=O)c1cc2c3ccccc3n(C)c2c(-c2ccc(OC)c(OC)c2)n1. The highest BCUT2D eigenvalue weighted by Crippen LogP contribution is 2.38. The van der Waals surface area contributed by atoms with Crippen LogP contribution in [0.4, 0.5) is 0 Å². The van der Waals surface area contributed by atoms with Crippen molar-refractivity contribution in [1.82, 2.24) is 9.55 Å². The molecule has 6 heteroatoms. The van der Waals surface area contributed by atoms with Gasteiger partial charge in [-0.2, -0.15) is 0 Å². The second-order valence-corrected chi connectivity index (χ2v) is 7.39. The molecule has 0 amide bonds. The molecule has 2 aromatic carbocycles. The number of hydrogen-bond acceptors (Lipinski definition) is 5. The monoisotopic (exact) mass is 418 g/mol. The van der Waals surface area contributed by atoms with Crippen LogP contribution in [0.15, 0.2) is 48.5 Å². The molecule has 0 saturated heterocycles. The first kappa shape index (κ1) is 20.7. The normalized spacial score (nSPS) is 11.1. The van der Waals surface area contributed by atoms with Gasteiger partial charge in [-0.25, -0.2) is 9.78 Å². The van der Waals surface area contributed by atoms with Crippen LogP contribution in [-0.4, -0.2) is 36.3 Å². The van der Waals surface area contributed by atoms with Crippen molar-refractivity contribution in [2.45, 2.75) is 19.8 Å². The molecular formula is C25H26N2O4. The molecule has 0 saturated carbocycles. The number of para-hydroxylation sites is 1. The van der Waals surface area contributed by atoms with Gasteiger partial charge in [-0.05, 0) is 36.8 Å². The summed E-state index contributed by atoms with van der Waals surface area (Å²) >= 11 is 0. The van der Waals surface area contributed by atoms with E-state index in [-0.39, 0.29) is 0 Å². The summed E-state index contributed by atoms with van der Waals surface area (Å²) in [6, 6.07) is 15.6. The Hall–Kier alpha value is -3.54. The van der Waals surface area contributed by atoms with Gasteiger partial charge in [0.1, 0.15) is 5.69 Å². The van der Waals surface area contributed by atoms with E-state index >= 15 is 0 Å². The van der Waals surface area contributed by atoms with Crippen LogP contribution in [-0.2, 0) is 11.8 Å². The van der Waals surface area contributed by atoms with E-state index < -0.39 is 5.97 Å². The number of carbonyl (C=O) groups excluding carboxylic acids is 1. The molecule has 0 aliphatic rings. The van der Waals surface area contributed by atoms with Crippen molar-refractivity contribution in [1.29, 1.82) is 0 Å². The summed E-state index contributed by atoms with van der Waals surface area (Å²) in [5, 5.41) is 2.02. The van der Waals surface area contributed by atoms with E-state index in [1.165, 1.54) is 0 Å². The zero-order valence-electron chi connectivity index (χ0n) is 18.3. The van der Waals surface area contributed by atoms with E-state index in [0.29, 0.717) is 29.5 Å². The molecule has 0 N–H and O–H groups in total. The van der Waals surface area contributed by atoms with Gasteiger partial charge in [-0.3, -0.25) is 0 Å². The number of ether oxygens (including phenoxy) is 3. The maximum absolute atomic E-state index is 12.8. The second-order valence-electron chi connectivity index (χ2n) is 7.39. The quantitative estimate of drug-likeness (QED) is 0.298. The van der Waals surface area contributed by atoms with Crippen molar-refractivity contribution in [3.63, 3.8) is 0 Å². The Bertz CT molecular complexity index is 1260. The van der Waals surface area contributed by atoms with Gasteiger partial charge >= 0.3 is 5.97 Å². The molecule has 0 unspecified atom stereocenters. The summed E-state index contributed by atoms with van der Waals surface area (Å²) in [6.07, 6.45) is 1.78. The van der Waals surface area contributed by atoms with Crippen LogP contribution in [0.5, 0.6) is 11.5 Å². The van der Waals surface area contributed by atoms with Crippen LogP contribution in [0.1, 0.15) is 30.3 Å².